The fraction of sp³-hybridized carbons (Fsp3) is 0.214. The summed E-state index contributed by atoms with van der Waals surface area (Å²) in [6, 6.07) is 5.75. The normalized spacial score (nSPS) is 12.3. The van der Waals surface area contributed by atoms with E-state index in [1.165, 1.54) is 6.33 Å². The highest BCUT2D eigenvalue weighted by atomic mass is 35.5. The maximum atomic E-state index is 6.26. The summed E-state index contributed by atoms with van der Waals surface area (Å²) in [5, 5.41) is 4.95. The van der Waals surface area contributed by atoms with Crippen molar-refractivity contribution in [3.05, 3.63) is 40.7 Å². The maximum Gasteiger partial charge on any atom is 0.209 e. The van der Waals surface area contributed by atoms with Crippen molar-refractivity contribution < 1.29 is 4.74 Å². The average Bonchev–Trinajstić information content (AvgIpc) is 3.02. The first-order chi connectivity index (χ1) is 10.7. The molecule has 1 aromatic carbocycles. The van der Waals surface area contributed by atoms with Gasteiger partial charge in [-0.2, -0.15) is 5.10 Å². The number of imidazole rings is 1. The van der Waals surface area contributed by atoms with Crippen LogP contribution in [0.3, 0.4) is 0 Å². The highest BCUT2D eigenvalue weighted by Gasteiger charge is 2.26. The highest BCUT2D eigenvalue weighted by molar-refractivity contribution is 6.33. The number of rotatable bonds is 2. The van der Waals surface area contributed by atoms with E-state index >= 15 is 0 Å². The van der Waals surface area contributed by atoms with Crippen molar-refractivity contribution in [2.24, 2.45) is 0 Å². The summed E-state index contributed by atoms with van der Waals surface area (Å²) >= 11 is 12.5. The van der Waals surface area contributed by atoms with E-state index in [4.69, 9.17) is 27.9 Å². The molecule has 0 aliphatic carbocycles. The van der Waals surface area contributed by atoms with Crippen LogP contribution in [0.25, 0.3) is 17.1 Å². The van der Waals surface area contributed by atoms with Gasteiger partial charge in [-0.15, -0.1) is 0 Å². The van der Waals surface area contributed by atoms with Crippen LogP contribution in [0.2, 0.25) is 10.4 Å². The molecule has 0 atom stereocenters. The fourth-order valence-corrected chi connectivity index (χ4v) is 3.20. The lowest BCUT2D eigenvalue weighted by Crippen LogP contribution is -2.04. The van der Waals surface area contributed by atoms with E-state index in [9.17, 15) is 0 Å². The minimum Gasteiger partial charge on any atom is -0.494 e. The van der Waals surface area contributed by atoms with Crippen LogP contribution in [0.5, 0.6) is 5.75 Å². The van der Waals surface area contributed by atoms with Gasteiger partial charge in [0.15, 0.2) is 11.0 Å². The third-order valence-electron chi connectivity index (χ3n) is 3.56. The van der Waals surface area contributed by atoms with Gasteiger partial charge in [0.1, 0.15) is 12.1 Å². The molecule has 3 heterocycles. The lowest BCUT2D eigenvalue weighted by atomic mass is 10.1. The molecule has 0 bridgehead atoms. The second-order valence-electron chi connectivity index (χ2n) is 4.81. The van der Waals surface area contributed by atoms with Crippen LogP contribution in [-0.2, 0) is 6.54 Å². The van der Waals surface area contributed by atoms with Gasteiger partial charge in [0.05, 0.1) is 24.5 Å². The quantitative estimate of drug-likeness (QED) is 0.564. The fourth-order valence-electron chi connectivity index (χ4n) is 2.66. The molecule has 1 aliphatic heterocycles. The van der Waals surface area contributed by atoms with Crippen molar-refractivity contribution >= 4 is 23.2 Å². The van der Waals surface area contributed by atoms with Crippen molar-refractivity contribution in [1.82, 2.24) is 24.3 Å². The molecule has 0 saturated carbocycles. The van der Waals surface area contributed by atoms with E-state index in [1.54, 1.807) is 4.68 Å². The summed E-state index contributed by atoms with van der Waals surface area (Å²) in [5.74, 6) is 1.51. The van der Waals surface area contributed by atoms with Crippen LogP contribution in [0, 0.1) is 0 Å². The summed E-state index contributed by atoms with van der Waals surface area (Å²) in [7, 11) is 0. The van der Waals surface area contributed by atoms with Crippen molar-refractivity contribution in [1.29, 1.82) is 0 Å². The van der Waals surface area contributed by atoms with Gasteiger partial charge in [-0.3, -0.25) is 4.57 Å². The van der Waals surface area contributed by atoms with E-state index in [0.717, 1.165) is 28.5 Å². The number of ether oxygens (including phenoxy) is 1. The van der Waals surface area contributed by atoms with E-state index in [1.807, 2.05) is 29.7 Å². The molecule has 22 heavy (non-hydrogen) atoms. The number of hydrogen-bond acceptors (Lipinski definition) is 4. The zero-order valence-electron chi connectivity index (χ0n) is 11.6. The SMILES string of the molecule is CCOc1ccc2c(c1)-c1ncnn1Cc1c(Cl)nc(Cl)n1-2. The van der Waals surface area contributed by atoms with Crippen molar-refractivity contribution in [2.45, 2.75) is 13.5 Å². The molecule has 2 aromatic heterocycles. The molecule has 0 unspecified atom stereocenters. The maximum absolute atomic E-state index is 6.26. The average molecular weight is 336 g/mol. The Balaban J connectivity index is 2.04. The van der Waals surface area contributed by atoms with Crippen LogP contribution in [0.1, 0.15) is 12.6 Å². The molecular formula is C14H11Cl2N5O. The summed E-state index contributed by atoms with van der Waals surface area (Å²) < 4.78 is 9.19. The molecular weight excluding hydrogens is 325 g/mol. The molecule has 0 N–H and O–H groups in total. The van der Waals surface area contributed by atoms with Crippen molar-refractivity contribution in [3.63, 3.8) is 0 Å². The Bertz CT molecular complexity index is 870. The second-order valence-corrected chi connectivity index (χ2v) is 5.50. The summed E-state index contributed by atoms with van der Waals surface area (Å²) in [6.45, 7) is 2.99. The molecule has 8 heteroatoms. The third kappa shape index (κ3) is 1.91. The molecule has 112 valence electrons. The predicted octanol–water partition coefficient (Wildman–Crippen LogP) is 3.20. The summed E-state index contributed by atoms with van der Waals surface area (Å²) in [5.41, 5.74) is 2.51. The predicted molar refractivity (Wildman–Crippen MR) is 82.9 cm³/mol. The highest BCUT2D eigenvalue weighted by Crippen LogP contribution is 2.37. The number of fused-ring (bicyclic) bond motifs is 5. The minimum atomic E-state index is 0.316. The van der Waals surface area contributed by atoms with E-state index in [-0.39, 0.29) is 0 Å². The molecule has 0 fully saturated rings. The summed E-state index contributed by atoms with van der Waals surface area (Å²) in [4.78, 5) is 8.51. The van der Waals surface area contributed by atoms with Crippen LogP contribution < -0.4 is 4.74 Å². The van der Waals surface area contributed by atoms with Gasteiger partial charge in [0.25, 0.3) is 0 Å². The zero-order valence-corrected chi connectivity index (χ0v) is 13.1. The Morgan fingerprint density at radius 3 is 3.00 bits per heavy atom. The van der Waals surface area contributed by atoms with Gasteiger partial charge in [0, 0.05) is 5.56 Å². The van der Waals surface area contributed by atoms with Crippen LogP contribution in [0.15, 0.2) is 24.5 Å². The molecule has 3 aromatic rings. The van der Waals surface area contributed by atoms with Gasteiger partial charge >= 0.3 is 0 Å². The standard InChI is InChI=1S/C14H11Cl2N5O/c1-2-22-8-3-4-10-9(5-8)13-17-7-18-20(13)6-11-12(15)19-14(16)21(10)11/h3-5,7H,2,6H2,1H3. The Morgan fingerprint density at radius 1 is 1.32 bits per heavy atom. The van der Waals surface area contributed by atoms with E-state index in [0.29, 0.717) is 23.6 Å². The molecule has 1 aliphatic rings. The number of benzene rings is 1. The van der Waals surface area contributed by atoms with Crippen LogP contribution >= 0.6 is 23.2 Å². The Hall–Kier alpha value is -2.05. The monoisotopic (exact) mass is 335 g/mol. The van der Waals surface area contributed by atoms with Crippen molar-refractivity contribution in [2.75, 3.05) is 6.61 Å². The molecule has 0 spiro atoms. The lowest BCUT2D eigenvalue weighted by Gasteiger charge is -2.11. The topological polar surface area (TPSA) is 57.8 Å². The molecule has 4 rings (SSSR count). The molecule has 0 saturated heterocycles. The number of hydrogen-bond donors (Lipinski definition) is 0. The number of nitrogens with zero attached hydrogens (tertiary/aromatic N) is 5. The molecule has 0 amide bonds. The first-order valence-electron chi connectivity index (χ1n) is 6.77. The largest absolute Gasteiger partial charge is 0.494 e. The van der Waals surface area contributed by atoms with Crippen LogP contribution in [-0.4, -0.2) is 30.9 Å². The Labute approximate surface area is 136 Å². The summed E-state index contributed by atoms with van der Waals surface area (Å²) in [6.07, 6.45) is 1.52. The van der Waals surface area contributed by atoms with Gasteiger partial charge in [0.2, 0.25) is 5.28 Å². The van der Waals surface area contributed by atoms with Gasteiger partial charge < -0.3 is 4.74 Å². The third-order valence-corrected chi connectivity index (χ3v) is 4.12. The van der Waals surface area contributed by atoms with E-state index in [2.05, 4.69) is 15.1 Å². The second kappa shape index (κ2) is 5.00. The smallest absolute Gasteiger partial charge is 0.209 e. The van der Waals surface area contributed by atoms with Crippen molar-refractivity contribution in [3.8, 4) is 22.8 Å². The lowest BCUT2D eigenvalue weighted by molar-refractivity contribution is 0.340. The molecule has 6 nitrogen and oxygen atoms in total. The Morgan fingerprint density at radius 2 is 2.18 bits per heavy atom. The van der Waals surface area contributed by atoms with Gasteiger partial charge in [-0.1, -0.05) is 11.6 Å². The number of aromatic nitrogens is 5. The Kier molecular flexibility index (Phi) is 3.09. The molecule has 0 radical (unpaired) electrons. The zero-order chi connectivity index (χ0) is 15.3. The first-order valence-corrected chi connectivity index (χ1v) is 7.52. The first kappa shape index (κ1) is 13.6. The van der Waals surface area contributed by atoms with Crippen LogP contribution in [0.4, 0.5) is 0 Å². The van der Waals surface area contributed by atoms with E-state index < -0.39 is 0 Å². The van der Waals surface area contributed by atoms with Gasteiger partial charge in [-0.25, -0.2) is 14.6 Å². The van der Waals surface area contributed by atoms with Gasteiger partial charge in [-0.05, 0) is 36.7 Å². The number of halogens is 2. The minimum absolute atomic E-state index is 0.316.